The molecule has 0 saturated heterocycles. The molecule has 1 atom stereocenters. The Morgan fingerprint density at radius 1 is 0.970 bits per heavy atom. The molecule has 3 aromatic rings. The summed E-state index contributed by atoms with van der Waals surface area (Å²) >= 11 is 15.4. The minimum Gasteiger partial charge on any atom is -0.483 e. The van der Waals surface area contributed by atoms with Crippen LogP contribution in [0.25, 0.3) is 0 Å². The monoisotopic (exact) mass is 548 g/mol. The van der Waals surface area contributed by atoms with Crippen molar-refractivity contribution in [1.82, 2.24) is 10.2 Å². The molecule has 2 amide bonds. The molecule has 5 nitrogen and oxygen atoms in total. The summed E-state index contributed by atoms with van der Waals surface area (Å²) in [6, 6.07) is 21.1. The minimum absolute atomic E-state index is 0.228. The number of nitrogens with zero attached hydrogens (tertiary/aromatic N) is 1. The average molecular weight is 550 g/mol. The Hall–Kier alpha value is -2.54. The van der Waals surface area contributed by atoms with E-state index in [1.54, 1.807) is 42.3 Å². The van der Waals surface area contributed by atoms with Crippen molar-refractivity contribution >= 4 is 50.9 Å². The normalized spacial score (nSPS) is 11.5. The summed E-state index contributed by atoms with van der Waals surface area (Å²) in [7, 11) is 1.56. The molecule has 0 bridgehead atoms. The van der Waals surface area contributed by atoms with Gasteiger partial charge in [0, 0.05) is 30.1 Å². The molecule has 0 aliphatic carbocycles. The van der Waals surface area contributed by atoms with E-state index in [1.807, 2.05) is 42.5 Å². The lowest BCUT2D eigenvalue weighted by Crippen LogP contribution is -2.51. The van der Waals surface area contributed by atoms with Crippen molar-refractivity contribution in [3.8, 4) is 5.75 Å². The van der Waals surface area contributed by atoms with Gasteiger partial charge in [-0.15, -0.1) is 0 Å². The zero-order chi connectivity index (χ0) is 23.8. The highest BCUT2D eigenvalue weighted by Crippen LogP contribution is 2.28. The van der Waals surface area contributed by atoms with Crippen LogP contribution in [0.4, 0.5) is 0 Å². The van der Waals surface area contributed by atoms with Crippen LogP contribution in [0.5, 0.6) is 5.75 Å². The van der Waals surface area contributed by atoms with Gasteiger partial charge in [-0.1, -0.05) is 65.7 Å². The fraction of sp³-hybridized carbons (Fsp3) is 0.200. The number of halogens is 3. The fourth-order valence-corrected chi connectivity index (χ4v) is 4.24. The van der Waals surface area contributed by atoms with E-state index in [1.165, 1.54) is 0 Å². The summed E-state index contributed by atoms with van der Waals surface area (Å²) < 4.78 is 6.39. The Kier molecular flexibility index (Phi) is 9.18. The molecule has 1 N–H and O–H groups in total. The first-order valence-corrected chi connectivity index (χ1v) is 11.8. The highest BCUT2D eigenvalue weighted by Gasteiger charge is 2.30. The lowest BCUT2D eigenvalue weighted by atomic mass is 10.0. The summed E-state index contributed by atoms with van der Waals surface area (Å²) in [6.07, 6.45) is 0.366. The second-order valence-electron chi connectivity index (χ2n) is 7.33. The molecular weight excluding hydrogens is 527 g/mol. The van der Waals surface area contributed by atoms with Gasteiger partial charge in [-0.05, 0) is 57.4 Å². The number of benzene rings is 3. The van der Waals surface area contributed by atoms with Gasteiger partial charge in [0.25, 0.3) is 5.91 Å². The summed E-state index contributed by atoms with van der Waals surface area (Å²) in [5.41, 5.74) is 1.80. The quantitative estimate of drug-likeness (QED) is 0.382. The predicted octanol–water partition coefficient (Wildman–Crippen LogP) is 5.52. The maximum absolute atomic E-state index is 13.4. The maximum Gasteiger partial charge on any atom is 0.261 e. The standard InChI is InChI=1S/C25H23BrCl2N2O3/c1-29-25(32)22(13-17-5-3-2-4-6-17)30(15-18-7-9-19(27)10-8-18)24(31)16-33-23-12-11-20(28)14-21(23)26/h2-12,14,22H,13,15-16H2,1H3,(H,29,32). The number of ether oxygens (including phenoxy) is 1. The van der Waals surface area contributed by atoms with Gasteiger partial charge in [-0.25, -0.2) is 0 Å². The molecule has 8 heteroatoms. The number of amides is 2. The zero-order valence-corrected chi connectivity index (χ0v) is 21.0. The lowest BCUT2D eigenvalue weighted by molar-refractivity contribution is -0.142. The van der Waals surface area contributed by atoms with E-state index in [2.05, 4.69) is 21.2 Å². The Balaban J connectivity index is 1.87. The van der Waals surface area contributed by atoms with Crippen LogP contribution in [0.2, 0.25) is 10.0 Å². The number of hydrogen-bond acceptors (Lipinski definition) is 3. The van der Waals surface area contributed by atoms with Gasteiger partial charge in [0.05, 0.1) is 4.47 Å². The Labute approximate surface area is 211 Å². The van der Waals surface area contributed by atoms with E-state index < -0.39 is 6.04 Å². The molecule has 0 aliphatic rings. The van der Waals surface area contributed by atoms with Crippen LogP contribution in [-0.2, 0) is 22.6 Å². The molecule has 0 aliphatic heterocycles. The third-order valence-corrected chi connectivity index (χ3v) is 6.14. The van der Waals surface area contributed by atoms with Crippen LogP contribution in [0.3, 0.4) is 0 Å². The van der Waals surface area contributed by atoms with Crippen molar-refractivity contribution in [2.75, 3.05) is 13.7 Å². The molecule has 0 radical (unpaired) electrons. The largest absolute Gasteiger partial charge is 0.483 e. The van der Waals surface area contributed by atoms with Gasteiger partial charge >= 0.3 is 0 Å². The first-order valence-electron chi connectivity index (χ1n) is 10.2. The number of carbonyl (C=O) groups is 2. The van der Waals surface area contributed by atoms with Gasteiger partial charge in [0.2, 0.25) is 5.91 Å². The molecule has 0 fully saturated rings. The molecule has 33 heavy (non-hydrogen) atoms. The molecule has 0 saturated carbocycles. The van der Waals surface area contributed by atoms with Crippen LogP contribution >= 0.6 is 39.1 Å². The van der Waals surface area contributed by atoms with Crippen LogP contribution in [0, 0.1) is 0 Å². The highest BCUT2D eigenvalue weighted by molar-refractivity contribution is 9.10. The minimum atomic E-state index is -0.724. The SMILES string of the molecule is CNC(=O)C(Cc1ccccc1)N(Cc1ccc(Cl)cc1)C(=O)COc1ccc(Cl)cc1Br. The number of carbonyl (C=O) groups excluding carboxylic acids is 2. The van der Waals surface area contributed by atoms with E-state index in [0.29, 0.717) is 26.7 Å². The van der Waals surface area contributed by atoms with Crippen LogP contribution < -0.4 is 10.1 Å². The average Bonchev–Trinajstić information content (AvgIpc) is 2.82. The van der Waals surface area contributed by atoms with Crippen LogP contribution in [0.1, 0.15) is 11.1 Å². The number of rotatable bonds is 9. The topological polar surface area (TPSA) is 58.6 Å². The van der Waals surface area contributed by atoms with Crippen molar-refractivity contribution in [2.45, 2.75) is 19.0 Å². The Morgan fingerprint density at radius 3 is 2.27 bits per heavy atom. The molecule has 0 spiro atoms. The molecule has 3 aromatic carbocycles. The van der Waals surface area contributed by atoms with Gasteiger partial charge in [0.15, 0.2) is 6.61 Å². The smallest absolute Gasteiger partial charge is 0.261 e. The molecule has 0 heterocycles. The lowest BCUT2D eigenvalue weighted by Gasteiger charge is -2.31. The van der Waals surface area contributed by atoms with Crippen molar-refractivity contribution < 1.29 is 14.3 Å². The van der Waals surface area contributed by atoms with E-state index in [4.69, 9.17) is 27.9 Å². The molecule has 3 rings (SSSR count). The van der Waals surface area contributed by atoms with Gasteiger partial charge in [0.1, 0.15) is 11.8 Å². The first-order chi connectivity index (χ1) is 15.9. The van der Waals surface area contributed by atoms with Gasteiger partial charge in [-0.3, -0.25) is 9.59 Å². The molecule has 0 aromatic heterocycles. The number of hydrogen-bond donors (Lipinski definition) is 1. The second kappa shape index (κ2) is 12.1. The van der Waals surface area contributed by atoms with Crippen molar-refractivity contribution in [3.63, 3.8) is 0 Å². The van der Waals surface area contributed by atoms with Crippen LogP contribution in [0.15, 0.2) is 77.3 Å². The first kappa shape index (κ1) is 25.1. The van der Waals surface area contributed by atoms with Gasteiger partial charge < -0.3 is 15.0 Å². The predicted molar refractivity (Wildman–Crippen MR) is 135 cm³/mol. The summed E-state index contributed by atoms with van der Waals surface area (Å²) in [5.74, 6) is -0.0936. The third kappa shape index (κ3) is 7.22. The summed E-state index contributed by atoms with van der Waals surface area (Å²) in [5, 5.41) is 3.83. The van der Waals surface area contributed by atoms with E-state index >= 15 is 0 Å². The third-order valence-electron chi connectivity index (χ3n) is 5.03. The molecule has 1 unspecified atom stereocenters. The molecule has 172 valence electrons. The van der Waals surface area contributed by atoms with Gasteiger partial charge in [-0.2, -0.15) is 0 Å². The Bertz CT molecular complexity index is 1090. The van der Waals surface area contributed by atoms with Crippen molar-refractivity contribution in [3.05, 3.63) is 98.4 Å². The maximum atomic E-state index is 13.4. The number of nitrogens with one attached hydrogen (secondary N) is 1. The Morgan fingerprint density at radius 2 is 1.64 bits per heavy atom. The summed E-state index contributed by atoms with van der Waals surface area (Å²) in [6.45, 7) is -0.0117. The fourth-order valence-electron chi connectivity index (χ4n) is 3.32. The summed E-state index contributed by atoms with van der Waals surface area (Å²) in [4.78, 5) is 27.8. The van der Waals surface area contributed by atoms with Crippen molar-refractivity contribution in [1.29, 1.82) is 0 Å². The van der Waals surface area contributed by atoms with E-state index in [9.17, 15) is 9.59 Å². The highest BCUT2D eigenvalue weighted by atomic mass is 79.9. The number of likely N-dealkylation sites (N-methyl/N-ethyl adjacent to an activating group) is 1. The van der Waals surface area contributed by atoms with Crippen molar-refractivity contribution in [2.24, 2.45) is 0 Å². The van der Waals surface area contributed by atoms with E-state index in [-0.39, 0.29) is 25.0 Å². The van der Waals surface area contributed by atoms with Crippen LogP contribution in [-0.4, -0.2) is 36.4 Å². The second-order valence-corrected chi connectivity index (χ2v) is 9.06. The zero-order valence-electron chi connectivity index (χ0n) is 17.9. The molecular formula is C25H23BrCl2N2O3. The van der Waals surface area contributed by atoms with E-state index in [0.717, 1.165) is 11.1 Å².